The van der Waals surface area contributed by atoms with Gasteiger partial charge in [-0.05, 0) is 24.5 Å². The summed E-state index contributed by atoms with van der Waals surface area (Å²) in [6.07, 6.45) is 3.76. The van der Waals surface area contributed by atoms with Gasteiger partial charge >= 0.3 is 0 Å². The van der Waals surface area contributed by atoms with Gasteiger partial charge in [0.15, 0.2) is 0 Å². The summed E-state index contributed by atoms with van der Waals surface area (Å²) in [6.45, 7) is 4.34. The summed E-state index contributed by atoms with van der Waals surface area (Å²) < 4.78 is 25.9. The van der Waals surface area contributed by atoms with Gasteiger partial charge in [-0.3, -0.25) is 4.79 Å². The molecule has 1 atom stereocenters. The van der Waals surface area contributed by atoms with Crippen LogP contribution in [0, 0.1) is 5.92 Å². The third-order valence-electron chi connectivity index (χ3n) is 3.95. The molecule has 0 bridgehead atoms. The van der Waals surface area contributed by atoms with E-state index in [0.29, 0.717) is 5.56 Å². The number of carbonyl (C=O) groups excluding carboxylic acids is 1. The molecule has 0 saturated heterocycles. The van der Waals surface area contributed by atoms with Crippen molar-refractivity contribution < 1.29 is 13.2 Å². The molecule has 1 rings (SSSR count). The quantitative estimate of drug-likeness (QED) is 0.752. The maximum Gasteiger partial charge on any atom is 0.242 e. The minimum absolute atomic E-state index is 0.00185. The van der Waals surface area contributed by atoms with Crippen molar-refractivity contribution >= 4 is 15.9 Å². The number of sulfonamides is 1. The lowest BCUT2D eigenvalue weighted by atomic mass is 9.98. The fourth-order valence-electron chi connectivity index (χ4n) is 2.40. The minimum Gasteiger partial charge on any atom is -0.352 e. The number of hydrogen-bond donors (Lipinski definition) is 1. The standard InChI is InChI=1S/C17H28N2O3S/c1-5-7-10-14(6-2)17(20)18-13-15-11-8-9-12-16(15)23(21,22)19(3)4/h8-9,11-12,14H,5-7,10,13H2,1-4H3,(H,18,20). The number of hydrogen-bond acceptors (Lipinski definition) is 3. The fraction of sp³-hybridized carbons (Fsp3) is 0.588. The summed E-state index contributed by atoms with van der Waals surface area (Å²) in [5, 5.41) is 2.89. The van der Waals surface area contributed by atoms with E-state index in [-0.39, 0.29) is 23.3 Å². The summed E-state index contributed by atoms with van der Waals surface area (Å²) in [5.74, 6) is -0.00873. The number of rotatable bonds is 9. The Kier molecular flexibility index (Phi) is 7.72. The first-order valence-electron chi connectivity index (χ1n) is 8.12. The van der Waals surface area contributed by atoms with Gasteiger partial charge in [-0.15, -0.1) is 0 Å². The number of benzene rings is 1. The average molecular weight is 340 g/mol. The Labute approximate surface area is 140 Å². The highest BCUT2D eigenvalue weighted by atomic mass is 32.2. The minimum atomic E-state index is -3.51. The normalized spacial score (nSPS) is 13.1. The van der Waals surface area contributed by atoms with E-state index in [1.54, 1.807) is 24.3 Å². The molecule has 23 heavy (non-hydrogen) atoms. The lowest BCUT2D eigenvalue weighted by Crippen LogP contribution is -2.31. The molecule has 0 spiro atoms. The molecule has 0 fully saturated rings. The van der Waals surface area contributed by atoms with Crippen molar-refractivity contribution in [2.75, 3.05) is 14.1 Å². The summed E-state index contributed by atoms with van der Waals surface area (Å²) in [7, 11) is -0.508. The van der Waals surface area contributed by atoms with Crippen LogP contribution in [0.25, 0.3) is 0 Å². The van der Waals surface area contributed by atoms with Crippen LogP contribution >= 0.6 is 0 Å². The Hall–Kier alpha value is -1.40. The predicted octanol–water partition coefficient (Wildman–Crippen LogP) is 2.77. The second kappa shape index (κ2) is 9.03. The molecule has 0 saturated carbocycles. The fourth-order valence-corrected chi connectivity index (χ4v) is 3.51. The molecule has 6 heteroatoms. The summed E-state index contributed by atoms with van der Waals surface area (Å²) in [6, 6.07) is 6.79. The SMILES string of the molecule is CCCCC(CC)C(=O)NCc1ccccc1S(=O)(=O)N(C)C. The molecule has 1 aromatic rings. The van der Waals surface area contributed by atoms with E-state index >= 15 is 0 Å². The number of nitrogens with zero attached hydrogens (tertiary/aromatic N) is 1. The molecule has 5 nitrogen and oxygen atoms in total. The third kappa shape index (κ3) is 5.32. The van der Waals surface area contributed by atoms with Gasteiger partial charge in [0, 0.05) is 26.6 Å². The van der Waals surface area contributed by atoms with Crippen LogP contribution in [0.3, 0.4) is 0 Å². The van der Waals surface area contributed by atoms with Crippen LogP contribution < -0.4 is 5.32 Å². The van der Waals surface area contributed by atoms with Crippen LogP contribution in [-0.4, -0.2) is 32.7 Å². The zero-order valence-electron chi connectivity index (χ0n) is 14.5. The van der Waals surface area contributed by atoms with E-state index in [9.17, 15) is 13.2 Å². The highest BCUT2D eigenvalue weighted by Gasteiger charge is 2.21. The van der Waals surface area contributed by atoms with Crippen molar-refractivity contribution in [1.29, 1.82) is 0 Å². The first-order valence-corrected chi connectivity index (χ1v) is 9.56. The van der Waals surface area contributed by atoms with Gasteiger partial charge in [0.2, 0.25) is 15.9 Å². The molecular weight excluding hydrogens is 312 g/mol. The molecule has 0 radical (unpaired) electrons. The first kappa shape index (κ1) is 19.6. The predicted molar refractivity (Wildman–Crippen MR) is 92.5 cm³/mol. The van der Waals surface area contributed by atoms with Gasteiger partial charge in [0.1, 0.15) is 0 Å². The Bertz CT molecular complexity index is 612. The number of carbonyl (C=O) groups is 1. The Morgan fingerprint density at radius 2 is 1.87 bits per heavy atom. The smallest absolute Gasteiger partial charge is 0.242 e. The summed E-state index contributed by atoms with van der Waals surface area (Å²) >= 11 is 0. The van der Waals surface area contributed by atoms with E-state index in [1.807, 2.05) is 6.92 Å². The van der Waals surface area contributed by atoms with Gasteiger partial charge in [-0.1, -0.05) is 44.9 Å². The molecule has 0 aliphatic carbocycles. The summed E-state index contributed by atoms with van der Waals surface area (Å²) in [4.78, 5) is 12.5. The van der Waals surface area contributed by atoms with E-state index in [4.69, 9.17) is 0 Å². The molecule has 1 N–H and O–H groups in total. The van der Waals surface area contributed by atoms with Crippen LogP contribution in [0.2, 0.25) is 0 Å². The van der Waals surface area contributed by atoms with E-state index < -0.39 is 10.0 Å². The molecule has 1 amide bonds. The zero-order valence-corrected chi connectivity index (χ0v) is 15.3. The van der Waals surface area contributed by atoms with E-state index in [2.05, 4.69) is 12.2 Å². The van der Waals surface area contributed by atoms with Crippen molar-refractivity contribution in [3.63, 3.8) is 0 Å². The van der Waals surface area contributed by atoms with Gasteiger partial charge in [-0.25, -0.2) is 12.7 Å². The highest BCUT2D eigenvalue weighted by Crippen LogP contribution is 2.19. The maximum absolute atomic E-state index is 12.3. The molecule has 0 aromatic heterocycles. The van der Waals surface area contributed by atoms with Crippen molar-refractivity contribution in [2.45, 2.75) is 51.0 Å². The van der Waals surface area contributed by atoms with Gasteiger partial charge < -0.3 is 5.32 Å². The van der Waals surface area contributed by atoms with Crippen LogP contribution in [0.15, 0.2) is 29.2 Å². The van der Waals surface area contributed by atoms with Crippen molar-refractivity contribution in [1.82, 2.24) is 9.62 Å². The average Bonchev–Trinajstić information content (AvgIpc) is 2.53. The molecule has 0 aliphatic heterocycles. The maximum atomic E-state index is 12.3. The third-order valence-corrected chi connectivity index (χ3v) is 5.87. The van der Waals surface area contributed by atoms with Crippen LogP contribution in [0.4, 0.5) is 0 Å². The Balaban J connectivity index is 2.85. The largest absolute Gasteiger partial charge is 0.352 e. The van der Waals surface area contributed by atoms with Crippen LogP contribution in [-0.2, 0) is 21.4 Å². The molecule has 1 unspecified atom stereocenters. The van der Waals surface area contributed by atoms with Gasteiger partial charge in [0.05, 0.1) is 4.90 Å². The molecule has 0 heterocycles. The molecule has 130 valence electrons. The highest BCUT2D eigenvalue weighted by molar-refractivity contribution is 7.89. The first-order chi connectivity index (χ1) is 10.8. The number of unbranched alkanes of at least 4 members (excludes halogenated alkanes) is 1. The molecular formula is C17H28N2O3S. The zero-order chi connectivity index (χ0) is 17.5. The van der Waals surface area contributed by atoms with Gasteiger partial charge in [0.25, 0.3) is 0 Å². The van der Waals surface area contributed by atoms with Gasteiger partial charge in [-0.2, -0.15) is 0 Å². The van der Waals surface area contributed by atoms with E-state index in [0.717, 1.165) is 25.7 Å². The summed E-state index contributed by atoms with van der Waals surface area (Å²) in [5.41, 5.74) is 0.611. The monoisotopic (exact) mass is 340 g/mol. The molecule has 0 aliphatic rings. The van der Waals surface area contributed by atoms with Crippen molar-refractivity contribution in [3.8, 4) is 0 Å². The van der Waals surface area contributed by atoms with Crippen LogP contribution in [0.1, 0.15) is 45.1 Å². The van der Waals surface area contributed by atoms with Crippen molar-refractivity contribution in [3.05, 3.63) is 29.8 Å². The Morgan fingerprint density at radius 1 is 1.22 bits per heavy atom. The second-order valence-electron chi connectivity index (χ2n) is 5.86. The van der Waals surface area contributed by atoms with E-state index in [1.165, 1.54) is 18.4 Å². The number of amides is 1. The molecule has 1 aromatic carbocycles. The topological polar surface area (TPSA) is 66.5 Å². The van der Waals surface area contributed by atoms with Crippen molar-refractivity contribution in [2.24, 2.45) is 5.92 Å². The lowest BCUT2D eigenvalue weighted by Gasteiger charge is -2.17. The number of nitrogens with one attached hydrogen (secondary N) is 1. The Morgan fingerprint density at radius 3 is 2.43 bits per heavy atom. The lowest BCUT2D eigenvalue weighted by molar-refractivity contribution is -0.125. The van der Waals surface area contributed by atoms with Crippen LogP contribution in [0.5, 0.6) is 0 Å². The second-order valence-corrected chi connectivity index (χ2v) is 7.98.